The van der Waals surface area contributed by atoms with E-state index < -0.39 is 6.04 Å². The Morgan fingerprint density at radius 2 is 1.83 bits per heavy atom. The number of urea groups is 1. The number of anilines is 1. The molecule has 0 saturated heterocycles. The molecule has 2 N–H and O–H groups in total. The van der Waals surface area contributed by atoms with Crippen LogP contribution in [0.3, 0.4) is 0 Å². The molecule has 1 aromatic heterocycles. The van der Waals surface area contributed by atoms with Gasteiger partial charge in [0.05, 0.1) is 0 Å². The highest BCUT2D eigenvalue weighted by molar-refractivity contribution is 7.18. The second-order valence-electron chi connectivity index (χ2n) is 5.33. The third-order valence-electron chi connectivity index (χ3n) is 3.09. The van der Waals surface area contributed by atoms with E-state index in [1.54, 1.807) is 21.0 Å². The molecular formula is C15H19N5O2S. The van der Waals surface area contributed by atoms with Gasteiger partial charge in [-0.2, -0.15) is 0 Å². The Kier molecular flexibility index (Phi) is 5.28. The van der Waals surface area contributed by atoms with Crippen LogP contribution in [0.5, 0.6) is 0 Å². The molecule has 2 aromatic rings. The minimum Gasteiger partial charge on any atom is -0.331 e. The first-order valence-electron chi connectivity index (χ1n) is 7.06. The Hall–Kier alpha value is -2.48. The number of benzene rings is 1. The first-order chi connectivity index (χ1) is 10.9. The zero-order chi connectivity index (χ0) is 17.0. The van der Waals surface area contributed by atoms with Crippen LogP contribution in [0.15, 0.2) is 24.3 Å². The number of amides is 3. The predicted molar refractivity (Wildman–Crippen MR) is 90.4 cm³/mol. The maximum absolute atomic E-state index is 12.1. The standard InChI is InChI=1S/C15H19N5O2S/c1-9-5-7-11(8-6-9)13-18-19-14(23-13)17-12(21)10(2)16-15(22)20(3)4/h5-8,10H,1-4H3,(H,16,22)(H,17,19,21). The highest BCUT2D eigenvalue weighted by Crippen LogP contribution is 2.26. The summed E-state index contributed by atoms with van der Waals surface area (Å²) in [4.78, 5) is 25.0. The lowest BCUT2D eigenvalue weighted by molar-refractivity contribution is -0.117. The van der Waals surface area contributed by atoms with E-state index in [-0.39, 0.29) is 11.9 Å². The van der Waals surface area contributed by atoms with Gasteiger partial charge in [-0.1, -0.05) is 41.2 Å². The molecule has 1 aromatic carbocycles. The first kappa shape index (κ1) is 16.9. The molecule has 7 nitrogen and oxygen atoms in total. The molecule has 0 bridgehead atoms. The van der Waals surface area contributed by atoms with E-state index in [0.29, 0.717) is 5.13 Å². The van der Waals surface area contributed by atoms with Crippen LogP contribution in [0, 0.1) is 6.92 Å². The molecule has 1 heterocycles. The number of carbonyl (C=O) groups excluding carboxylic acids is 2. The van der Waals surface area contributed by atoms with E-state index in [2.05, 4.69) is 20.8 Å². The molecule has 23 heavy (non-hydrogen) atoms. The molecule has 122 valence electrons. The average Bonchev–Trinajstić information content (AvgIpc) is 2.96. The van der Waals surface area contributed by atoms with Crippen LogP contribution in [0.2, 0.25) is 0 Å². The van der Waals surface area contributed by atoms with Gasteiger partial charge in [0.2, 0.25) is 11.0 Å². The molecule has 8 heteroatoms. The highest BCUT2D eigenvalue weighted by atomic mass is 32.1. The van der Waals surface area contributed by atoms with E-state index in [4.69, 9.17) is 0 Å². The average molecular weight is 333 g/mol. The number of aryl methyl sites for hydroxylation is 1. The molecule has 1 atom stereocenters. The molecule has 0 radical (unpaired) electrons. The lowest BCUT2D eigenvalue weighted by Gasteiger charge is -2.16. The maximum Gasteiger partial charge on any atom is 0.317 e. The number of hydrogen-bond acceptors (Lipinski definition) is 5. The molecule has 0 aliphatic rings. The van der Waals surface area contributed by atoms with Gasteiger partial charge in [-0.25, -0.2) is 4.79 Å². The summed E-state index contributed by atoms with van der Waals surface area (Å²) in [5.74, 6) is -0.341. The van der Waals surface area contributed by atoms with Gasteiger partial charge in [-0.15, -0.1) is 10.2 Å². The number of nitrogens with one attached hydrogen (secondary N) is 2. The fraction of sp³-hybridized carbons (Fsp3) is 0.333. The summed E-state index contributed by atoms with van der Waals surface area (Å²) in [5.41, 5.74) is 2.11. The summed E-state index contributed by atoms with van der Waals surface area (Å²) in [6, 6.07) is 6.91. The van der Waals surface area contributed by atoms with Crippen molar-refractivity contribution in [2.24, 2.45) is 0 Å². The predicted octanol–water partition coefficient (Wildman–Crippen LogP) is 2.11. The maximum atomic E-state index is 12.1. The Morgan fingerprint density at radius 1 is 1.17 bits per heavy atom. The zero-order valence-electron chi connectivity index (χ0n) is 13.5. The van der Waals surface area contributed by atoms with Crippen LogP contribution < -0.4 is 10.6 Å². The van der Waals surface area contributed by atoms with Crippen LogP contribution >= 0.6 is 11.3 Å². The van der Waals surface area contributed by atoms with Crippen molar-refractivity contribution in [3.63, 3.8) is 0 Å². The lowest BCUT2D eigenvalue weighted by atomic mass is 10.2. The van der Waals surface area contributed by atoms with Crippen LogP contribution in [0.4, 0.5) is 9.93 Å². The number of aromatic nitrogens is 2. The fourth-order valence-electron chi connectivity index (χ4n) is 1.68. The monoisotopic (exact) mass is 333 g/mol. The number of carbonyl (C=O) groups is 2. The summed E-state index contributed by atoms with van der Waals surface area (Å²) < 4.78 is 0. The van der Waals surface area contributed by atoms with Gasteiger partial charge in [0.1, 0.15) is 11.0 Å². The van der Waals surface area contributed by atoms with E-state index in [1.165, 1.54) is 16.2 Å². The summed E-state index contributed by atoms with van der Waals surface area (Å²) in [7, 11) is 3.22. The van der Waals surface area contributed by atoms with Gasteiger partial charge >= 0.3 is 6.03 Å². The van der Waals surface area contributed by atoms with Crippen molar-refractivity contribution in [2.45, 2.75) is 19.9 Å². The summed E-state index contributed by atoms with van der Waals surface area (Å²) in [5, 5.41) is 14.4. The van der Waals surface area contributed by atoms with Gasteiger partial charge in [0.25, 0.3) is 0 Å². The van der Waals surface area contributed by atoms with Crippen molar-refractivity contribution in [3.8, 4) is 10.6 Å². The van der Waals surface area contributed by atoms with Crippen molar-refractivity contribution in [1.29, 1.82) is 0 Å². The van der Waals surface area contributed by atoms with Crippen molar-refractivity contribution >= 4 is 28.4 Å². The smallest absolute Gasteiger partial charge is 0.317 e. The third-order valence-corrected chi connectivity index (χ3v) is 3.98. The highest BCUT2D eigenvalue weighted by Gasteiger charge is 2.18. The van der Waals surface area contributed by atoms with Gasteiger partial charge in [0.15, 0.2) is 0 Å². The zero-order valence-corrected chi connectivity index (χ0v) is 14.3. The van der Waals surface area contributed by atoms with E-state index in [0.717, 1.165) is 16.1 Å². The first-order valence-corrected chi connectivity index (χ1v) is 7.87. The molecule has 3 amide bonds. The Bertz CT molecular complexity index is 696. The molecule has 0 fully saturated rings. The Balaban J connectivity index is 1.99. The molecular weight excluding hydrogens is 314 g/mol. The molecule has 0 aliphatic carbocycles. The second kappa shape index (κ2) is 7.19. The quantitative estimate of drug-likeness (QED) is 0.897. The van der Waals surface area contributed by atoms with Crippen molar-refractivity contribution < 1.29 is 9.59 Å². The number of nitrogens with zero attached hydrogens (tertiary/aromatic N) is 3. The van der Waals surface area contributed by atoms with Crippen molar-refractivity contribution in [1.82, 2.24) is 20.4 Å². The van der Waals surface area contributed by atoms with Crippen LogP contribution in [0.1, 0.15) is 12.5 Å². The SMILES string of the molecule is Cc1ccc(-c2nnc(NC(=O)C(C)NC(=O)N(C)C)s2)cc1. The van der Waals surface area contributed by atoms with Crippen LogP contribution in [-0.2, 0) is 4.79 Å². The van der Waals surface area contributed by atoms with E-state index >= 15 is 0 Å². The minimum atomic E-state index is -0.670. The molecule has 0 saturated carbocycles. The second-order valence-corrected chi connectivity index (χ2v) is 6.31. The summed E-state index contributed by atoms with van der Waals surface area (Å²) >= 11 is 1.29. The molecule has 2 rings (SSSR count). The van der Waals surface area contributed by atoms with Crippen LogP contribution in [0.25, 0.3) is 10.6 Å². The Morgan fingerprint density at radius 3 is 2.43 bits per heavy atom. The van der Waals surface area contributed by atoms with E-state index in [1.807, 2.05) is 31.2 Å². The molecule has 0 spiro atoms. The van der Waals surface area contributed by atoms with Gasteiger partial charge in [0, 0.05) is 19.7 Å². The third kappa shape index (κ3) is 4.49. The van der Waals surface area contributed by atoms with Gasteiger partial charge in [-0.05, 0) is 13.8 Å². The molecule has 1 unspecified atom stereocenters. The Labute approximate surface area is 138 Å². The van der Waals surface area contributed by atoms with Crippen molar-refractivity contribution in [2.75, 3.05) is 19.4 Å². The fourth-order valence-corrected chi connectivity index (χ4v) is 2.43. The molecule has 0 aliphatic heterocycles. The summed E-state index contributed by atoms with van der Waals surface area (Å²) in [6.07, 6.45) is 0. The number of rotatable bonds is 4. The summed E-state index contributed by atoms with van der Waals surface area (Å²) in [6.45, 7) is 3.62. The van der Waals surface area contributed by atoms with Crippen LogP contribution in [-0.4, -0.2) is 47.2 Å². The van der Waals surface area contributed by atoms with Crippen molar-refractivity contribution in [3.05, 3.63) is 29.8 Å². The van der Waals surface area contributed by atoms with E-state index in [9.17, 15) is 9.59 Å². The minimum absolute atomic E-state index is 0.328. The van der Waals surface area contributed by atoms with Gasteiger partial charge in [-0.3, -0.25) is 10.1 Å². The largest absolute Gasteiger partial charge is 0.331 e. The number of hydrogen-bond donors (Lipinski definition) is 2. The topological polar surface area (TPSA) is 87.2 Å². The lowest BCUT2D eigenvalue weighted by Crippen LogP contribution is -2.45. The van der Waals surface area contributed by atoms with Gasteiger partial charge < -0.3 is 10.2 Å². The normalized spacial score (nSPS) is 11.7.